The summed E-state index contributed by atoms with van der Waals surface area (Å²) in [5.74, 6) is -5.30. The molecule has 0 aromatic carbocycles. The van der Waals surface area contributed by atoms with E-state index in [0.29, 0.717) is 5.06 Å². The van der Waals surface area contributed by atoms with Crippen LogP contribution in [0.2, 0.25) is 0 Å². The summed E-state index contributed by atoms with van der Waals surface area (Å²) in [6.07, 6.45) is -1.66. The average molecular weight is 275 g/mol. The minimum Gasteiger partial charge on any atom is -0.429 e. The highest BCUT2D eigenvalue weighted by Crippen LogP contribution is 2.64. The maximum atomic E-state index is 12.9. The number of hydrogen-bond donors (Lipinski definition) is 0. The number of rotatable bonds is 2. The SMILES string of the molecule is O=C(O[C@H]1C[C@@H]2[C@H](C1)C2(F)F)ON1C(=O)CCC1=O. The zero-order valence-electron chi connectivity index (χ0n) is 9.80. The largest absolute Gasteiger partial charge is 0.534 e. The standard InChI is InChI=1S/C11H11F2NO5/c12-11(13)6-3-5(4-7(6)11)18-10(17)19-14-8(15)1-2-9(14)16/h5-7H,1-4H2/t5-,6+,7-. The first kappa shape index (κ1) is 12.3. The van der Waals surface area contributed by atoms with E-state index in [1.54, 1.807) is 0 Å². The molecule has 6 nitrogen and oxygen atoms in total. The van der Waals surface area contributed by atoms with Crippen LogP contribution < -0.4 is 0 Å². The Morgan fingerprint density at radius 1 is 1.16 bits per heavy atom. The van der Waals surface area contributed by atoms with Gasteiger partial charge in [0, 0.05) is 24.7 Å². The fourth-order valence-corrected chi connectivity index (χ4v) is 2.75. The number of imide groups is 1. The molecule has 3 atom stereocenters. The molecule has 19 heavy (non-hydrogen) atoms. The molecule has 1 heterocycles. The molecule has 1 aliphatic heterocycles. The Morgan fingerprint density at radius 3 is 2.21 bits per heavy atom. The van der Waals surface area contributed by atoms with Gasteiger partial charge in [0.05, 0.1) is 0 Å². The van der Waals surface area contributed by atoms with Gasteiger partial charge in [0.2, 0.25) is 0 Å². The van der Waals surface area contributed by atoms with Crippen LogP contribution in [-0.4, -0.2) is 35.1 Å². The predicted molar refractivity (Wildman–Crippen MR) is 53.6 cm³/mol. The van der Waals surface area contributed by atoms with Crippen LogP contribution in [0.5, 0.6) is 0 Å². The van der Waals surface area contributed by atoms with Gasteiger partial charge in [-0.15, -0.1) is 0 Å². The lowest BCUT2D eigenvalue weighted by molar-refractivity contribution is -0.178. The molecule has 3 rings (SSSR count). The van der Waals surface area contributed by atoms with Crippen molar-refractivity contribution in [2.24, 2.45) is 11.8 Å². The summed E-state index contributed by atoms with van der Waals surface area (Å²) in [4.78, 5) is 38.2. The van der Waals surface area contributed by atoms with Gasteiger partial charge in [-0.05, 0) is 12.8 Å². The molecule has 2 saturated carbocycles. The van der Waals surface area contributed by atoms with Crippen molar-refractivity contribution in [1.29, 1.82) is 0 Å². The van der Waals surface area contributed by atoms with Crippen molar-refractivity contribution in [3.05, 3.63) is 0 Å². The molecule has 0 spiro atoms. The smallest absolute Gasteiger partial charge is 0.429 e. The number of amides is 2. The summed E-state index contributed by atoms with van der Waals surface area (Å²) in [6.45, 7) is 0. The zero-order chi connectivity index (χ0) is 13.8. The van der Waals surface area contributed by atoms with Crippen LogP contribution in [0.3, 0.4) is 0 Å². The van der Waals surface area contributed by atoms with Crippen molar-refractivity contribution in [2.45, 2.75) is 37.7 Å². The van der Waals surface area contributed by atoms with Gasteiger partial charge in [-0.1, -0.05) is 5.06 Å². The molecule has 0 aromatic heterocycles. The van der Waals surface area contributed by atoms with Gasteiger partial charge in [-0.3, -0.25) is 14.4 Å². The Bertz CT molecular complexity index is 436. The predicted octanol–water partition coefficient (Wildman–Crippen LogP) is 1.25. The first-order valence-electron chi connectivity index (χ1n) is 6.01. The second-order valence-corrected chi connectivity index (χ2v) is 5.02. The van der Waals surface area contributed by atoms with Crippen molar-refractivity contribution in [2.75, 3.05) is 0 Å². The third kappa shape index (κ3) is 1.95. The molecular formula is C11H11F2NO5. The van der Waals surface area contributed by atoms with Crippen LogP contribution >= 0.6 is 0 Å². The molecule has 8 heteroatoms. The number of fused-ring (bicyclic) bond motifs is 1. The molecule has 0 N–H and O–H groups in total. The lowest BCUT2D eigenvalue weighted by Gasteiger charge is -2.17. The minimum absolute atomic E-state index is 0.00802. The Labute approximate surface area is 106 Å². The molecule has 0 aromatic rings. The van der Waals surface area contributed by atoms with Crippen LogP contribution in [0.15, 0.2) is 0 Å². The lowest BCUT2D eigenvalue weighted by atomic mass is 10.2. The first-order valence-corrected chi connectivity index (χ1v) is 6.01. The normalized spacial score (nSPS) is 35.3. The molecule has 2 amide bonds. The number of halogens is 2. The maximum Gasteiger partial charge on any atom is 0.534 e. The van der Waals surface area contributed by atoms with Gasteiger partial charge >= 0.3 is 6.16 Å². The van der Waals surface area contributed by atoms with E-state index in [1.807, 2.05) is 0 Å². The highest BCUT2D eigenvalue weighted by Gasteiger charge is 2.72. The number of hydroxylamine groups is 2. The van der Waals surface area contributed by atoms with E-state index in [9.17, 15) is 23.2 Å². The van der Waals surface area contributed by atoms with E-state index in [2.05, 4.69) is 4.84 Å². The number of carbonyl (C=O) groups excluding carboxylic acids is 3. The lowest BCUT2D eigenvalue weighted by Crippen LogP contribution is -2.33. The van der Waals surface area contributed by atoms with Gasteiger partial charge in [-0.25, -0.2) is 13.6 Å². The quantitative estimate of drug-likeness (QED) is 0.560. The Balaban J connectivity index is 1.48. The van der Waals surface area contributed by atoms with Crippen LogP contribution in [-0.2, 0) is 19.2 Å². The van der Waals surface area contributed by atoms with Crippen molar-refractivity contribution in [3.8, 4) is 0 Å². The third-order valence-corrected chi connectivity index (χ3v) is 3.83. The molecule has 3 aliphatic rings. The first-order chi connectivity index (χ1) is 8.89. The molecular weight excluding hydrogens is 264 g/mol. The topological polar surface area (TPSA) is 72.9 Å². The van der Waals surface area contributed by atoms with Crippen molar-refractivity contribution in [3.63, 3.8) is 0 Å². The number of alkyl halides is 2. The number of hydrogen-bond acceptors (Lipinski definition) is 5. The van der Waals surface area contributed by atoms with E-state index >= 15 is 0 Å². The third-order valence-electron chi connectivity index (χ3n) is 3.83. The van der Waals surface area contributed by atoms with Crippen molar-refractivity contribution in [1.82, 2.24) is 5.06 Å². The summed E-state index contributed by atoms with van der Waals surface area (Å²) in [5.41, 5.74) is 0. The fourth-order valence-electron chi connectivity index (χ4n) is 2.75. The molecule has 0 radical (unpaired) electrons. The summed E-state index contributed by atoms with van der Waals surface area (Å²) in [5, 5.41) is 0.368. The second kappa shape index (κ2) is 3.88. The summed E-state index contributed by atoms with van der Waals surface area (Å²) in [6, 6.07) is 0. The number of carbonyl (C=O) groups is 3. The Morgan fingerprint density at radius 2 is 1.68 bits per heavy atom. The Hall–Kier alpha value is -1.73. The van der Waals surface area contributed by atoms with Crippen LogP contribution in [0.4, 0.5) is 13.6 Å². The van der Waals surface area contributed by atoms with Crippen molar-refractivity contribution >= 4 is 18.0 Å². The molecule has 104 valence electrons. The Kier molecular flexibility index (Phi) is 2.51. The van der Waals surface area contributed by atoms with Gasteiger partial charge in [-0.2, -0.15) is 0 Å². The van der Waals surface area contributed by atoms with Crippen LogP contribution in [0.25, 0.3) is 0 Å². The van der Waals surface area contributed by atoms with E-state index in [0.717, 1.165) is 0 Å². The zero-order valence-corrected chi connectivity index (χ0v) is 9.80. The molecule has 0 unspecified atom stereocenters. The highest BCUT2D eigenvalue weighted by atomic mass is 19.3. The van der Waals surface area contributed by atoms with E-state index in [4.69, 9.17) is 4.74 Å². The maximum absolute atomic E-state index is 12.9. The van der Waals surface area contributed by atoms with Crippen molar-refractivity contribution < 1.29 is 32.7 Å². The van der Waals surface area contributed by atoms with E-state index in [-0.39, 0.29) is 25.7 Å². The molecule has 0 bridgehead atoms. The highest BCUT2D eigenvalue weighted by molar-refractivity contribution is 6.01. The minimum atomic E-state index is -2.63. The van der Waals surface area contributed by atoms with Crippen LogP contribution in [0, 0.1) is 11.8 Å². The summed E-state index contributed by atoms with van der Waals surface area (Å²) < 4.78 is 30.6. The van der Waals surface area contributed by atoms with Crippen LogP contribution in [0.1, 0.15) is 25.7 Å². The number of ether oxygens (including phenoxy) is 1. The molecule has 2 aliphatic carbocycles. The monoisotopic (exact) mass is 275 g/mol. The van der Waals surface area contributed by atoms with E-state index in [1.165, 1.54) is 0 Å². The summed E-state index contributed by atoms with van der Waals surface area (Å²) in [7, 11) is 0. The van der Waals surface area contributed by atoms with Gasteiger partial charge < -0.3 is 4.74 Å². The number of nitrogens with zero attached hydrogens (tertiary/aromatic N) is 1. The van der Waals surface area contributed by atoms with Gasteiger partial charge in [0.25, 0.3) is 17.7 Å². The van der Waals surface area contributed by atoms with Gasteiger partial charge in [0.1, 0.15) is 6.10 Å². The fraction of sp³-hybridized carbons (Fsp3) is 0.727. The van der Waals surface area contributed by atoms with E-state index < -0.39 is 41.8 Å². The summed E-state index contributed by atoms with van der Waals surface area (Å²) >= 11 is 0. The average Bonchev–Trinajstić information content (AvgIpc) is 2.74. The second-order valence-electron chi connectivity index (χ2n) is 5.02. The molecule has 3 fully saturated rings. The molecule has 1 saturated heterocycles. The van der Waals surface area contributed by atoms with Gasteiger partial charge in [0.15, 0.2) is 0 Å².